The van der Waals surface area contributed by atoms with E-state index in [-0.39, 0.29) is 18.4 Å². The Balaban J connectivity index is 2.04. The van der Waals surface area contributed by atoms with E-state index in [1.54, 1.807) is 0 Å². The van der Waals surface area contributed by atoms with Crippen molar-refractivity contribution in [1.82, 2.24) is 4.90 Å². The first-order chi connectivity index (χ1) is 9.44. The molecule has 4 heteroatoms. The first-order valence-electron chi connectivity index (χ1n) is 7.20. The molecule has 1 aromatic carbocycles. The van der Waals surface area contributed by atoms with Crippen molar-refractivity contribution >= 4 is 5.97 Å². The lowest BCUT2D eigenvalue weighted by Crippen LogP contribution is -2.47. The monoisotopic (exact) mass is 276 g/mol. The van der Waals surface area contributed by atoms with Crippen molar-refractivity contribution in [2.24, 2.45) is 11.7 Å². The van der Waals surface area contributed by atoms with Gasteiger partial charge in [0.05, 0.1) is 0 Å². The van der Waals surface area contributed by atoms with Crippen LogP contribution in [-0.2, 0) is 11.3 Å². The number of hydrogen-bond acceptors (Lipinski definition) is 3. The number of aryl methyl sites for hydroxylation is 2. The number of benzene rings is 1. The van der Waals surface area contributed by atoms with Crippen molar-refractivity contribution in [2.75, 3.05) is 13.1 Å². The summed E-state index contributed by atoms with van der Waals surface area (Å²) >= 11 is 0. The van der Waals surface area contributed by atoms with E-state index in [2.05, 4.69) is 36.9 Å². The Hall–Kier alpha value is -1.39. The average Bonchev–Trinajstić information content (AvgIpc) is 2.32. The lowest BCUT2D eigenvalue weighted by atomic mass is 9.91. The predicted octanol–water partition coefficient (Wildman–Crippen LogP) is 1.93. The molecule has 1 aliphatic heterocycles. The highest BCUT2D eigenvalue weighted by Crippen LogP contribution is 2.22. The van der Waals surface area contributed by atoms with E-state index >= 15 is 0 Å². The maximum atomic E-state index is 10.9. The quantitative estimate of drug-likeness (QED) is 0.882. The van der Waals surface area contributed by atoms with E-state index in [4.69, 9.17) is 10.8 Å². The molecule has 0 radical (unpaired) electrons. The first-order valence-corrected chi connectivity index (χ1v) is 7.20. The number of rotatable bonds is 4. The smallest absolute Gasteiger partial charge is 0.303 e. The van der Waals surface area contributed by atoms with Gasteiger partial charge in [0.1, 0.15) is 0 Å². The zero-order valence-corrected chi connectivity index (χ0v) is 12.3. The zero-order chi connectivity index (χ0) is 14.7. The molecule has 0 amide bonds. The molecule has 20 heavy (non-hydrogen) atoms. The molecular formula is C16H24N2O2. The Morgan fingerprint density at radius 3 is 2.85 bits per heavy atom. The molecule has 1 heterocycles. The van der Waals surface area contributed by atoms with Gasteiger partial charge in [0, 0.05) is 32.1 Å². The van der Waals surface area contributed by atoms with Crippen LogP contribution in [0.2, 0.25) is 0 Å². The molecule has 3 N–H and O–H groups in total. The topological polar surface area (TPSA) is 66.6 Å². The summed E-state index contributed by atoms with van der Waals surface area (Å²) in [5.74, 6) is -0.558. The van der Waals surface area contributed by atoms with Gasteiger partial charge in [0.15, 0.2) is 0 Å². The normalized spacial score (nSPS) is 23.8. The van der Waals surface area contributed by atoms with Crippen molar-refractivity contribution in [2.45, 2.75) is 39.3 Å². The third-order valence-electron chi connectivity index (χ3n) is 4.01. The van der Waals surface area contributed by atoms with E-state index in [1.165, 1.54) is 16.7 Å². The summed E-state index contributed by atoms with van der Waals surface area (Å²) in [6.07, 6.45) is 1.03. The fourth-order valence-electron chi connectivity index (χ4n) is 3.08. The number of carboxylic acids is 1. The molecule has 1 aromatic rings. The number of aliphatic carboxylic acids is 1. The van der Waals surface area contributed by atoms with Gasteiger partial charge in [-0.15, -0.1) is 0 Å². The maximum absolute atomic E-state index is 10.9. The van der Waals surface area contributed by atoms with E-state index < -0.39 is 5.97 Å². The molecule has 2 atom stereocenters. The lowest BCUT2D eigenvalue weighted by molar-refractivity contribution is -0.138. The zero-order valence-electron chi connectivity index (χ0n) is 12.3. The Morgan fingerprint density at radius 1 is 1.40 bits per heavy atom. The standard InChI is InChI=1S/C16H24N2O2/c1-11-3-4-12(2)14(5-11)9-18-8-13(7-16(19)20)6-15(17)10-18/h3-5,13,15H,6-10,17H2,1-2H3,(H,19,20). The lowest BCUT2D eigenvalue weighted by Gasteiger charge is -2.36. The van der Waals surface area contributed by atoms with Crippen LogP contribution >= 0.6 is 0 Å². The highest BCUT2D eigenvalue weighted by Gasteiger charge is 2.26. The summed E-state index contributed by atoms with van der Waals surface area (Å²) in [7, 11) is 0. The Labute approximate surface area is 120 Å². The van der Waals surface area contributed by atoms with Crippen molar-refractivity contribution in [3.63, 3.8) is 0 Å². The molecule has 4 nitrogen and oxygen atoms in total. The highest BCUT2D eigenvalue weighted by molar-refractivity contribution is 5.67. The second-order valence-corrected chi connectivity index (χ2v) is 6.08. The number of carboxylic acid groups (broad SMARTS) is 1. The first kappa shape index (κ1) is 15.0. The minimum Gasteiger partial charge on any atom is -0.481 e. The minimum atomic E-state index is -0.726. The molecule has 0 aromatic heterocycles. The fourth-order valence-corrected chi connectivity index (χ4v) is 3.08. The van der Waals surface area contributed by atoms with E-state index in [0.717, 1.165) is 26.1 Å². The van der Waals surface area contributed by atoms with E-state index in [0.29, 0.717) is 0 Å². The molecule has 1 aliphatic rings. The van der Waals surface area contributed by atoms with Gasteiger partial charge < -0.3 is 10.8 Å². The molecule has 1 saturated heterocycles. The van der Waals surface area contributed by atoms with Crippen LogP contribution in [0, 0.1) is 19.8 Å². The van der Waals surface area contributed by atoms with Crippen molar-refractivity contribution in [3.8, 4) is 0 Å². The van der Waals surface area contributed by atoms with Gasteiger partial charge in [-0.25, -0.2) is 0 Å². The Bertz CT molecular complexity index is 487. The van der Waals surface area contributed by atoms with Crippen LogP contribution < -0.4 is 5.73 Å². The molecule has 0 spiro atoms. The molecular weight excluding hydrogens is 252 g/mol. The summed E-state index contributed by atoms with van der Waals surface area (Å²) in [6, 6.07) is 6.55. The van der Waals surface area contributed by atoms with Crippen LogP contribution in [-0.4, -0.2) is 35.1 Å². The van der Waals surface area contributed by atoms with Crippen LogP contribution in [0.4, 0.5) is 0 Å². The summed E-state index contributed by atoms with van der Waals surface area (Å²) in [6.45, 7) is 6.75. The Kier molecular flexibility index (Phi) is 4.78. The third kappa shape index (κ3) is 4.05. The summed E-state index contributed by atoms with van der Waals surface area (Å²) in [5.41, 5.74) is 9.93. The van der Waals surface area contributed by atoms with Gasteiger partial charge in [-0.05, 0) is 37.3 Å². The van der Waals surface area contributed by atoms with Crippen LogP contribution in [0.3, 0.4) is 0 Å². The number of hydrogen-bond donors (Lipinski definition) is 2. The van der Waals surface area contributed by atoms with Gasteiger partial charge >= 0.3 is 5.97 Å². The highest BCUT2D eigenvalue weighted by atomic mass is 16.4. The molecule has 1 fully saturated rings. The third-order valence-corrected chi connectivity index (χ3v) is 4.01. The molecule has 2 unspecified atom stereocenters. The van der Waals surface area contributed by atoms with Crippen LogP contribution in [0.15, 0.2) is 18.2 Å². The molecule has 2 rings (SSSR count). The number of carbonyl (C=O) groups is 1. The minimum absolute atomic E-state index is 0.0817. The molecule has 110 valence electrons. The maximum Gasteiger partial charge on any atom is 0.303 e. The van der Waals surface area contributed by atoms with Crippen molar-refractivity contribution in [3.05, 3.63) is 34.9 Å². The number of nitrogens with zero attached hydrogens (tertiary/aromatic N) is 1. The molecule has 0 bridgehead atoms. The van der Waals surface area contributed by atoms with Gasteiger partial charge in [-0.2, -0.15) is 0 Å². The van der Waals surface area contributed by atoms with Crippen molar-refractivity contribution < 1.29 is 9.90 Å². The predicted molar refractivity (Wildman–Crippen MR) is 79.5 cm³/mol. The van der Waals surface area contributed by atoms with Gasteiger partial charge in [-0.3, -0.25) is 9.69 Å². The number of likely N-dealkylation sites (tertiary alicyclic amines) is 1. The van der Waals surface area contributed by atoms with Crippen LogP contribution in [0.1, 0.15) is 29.5 Å². The number of nitrogens with two attached hydrogens (primary N) is 1. The van der Waals surface area contributed by atoms with Gasteiger partial charge in [0.25, 0.3) is 0 Å². The van der Waals surface area contributed by atoms with Gasteiger partial charge in [0.2, 0.25) is 0 Å². The van der Waals surface area contributed by atoms with E-state index in [9.17, 15) is 4.79 Å². The second-order valence-electron chi connectivity index (χ2n) is 6.08. The second kappa shape index (κ2) is 6.37. The molecule has 0 saturated carbocycles. The van der Waals surface area contributed by atoms with Crippen LogP contribution in [0.5, 0.6) is 0 Å². The fraction of sp³-hybridized carbons (Fsp3) is 0.562. The van der Waals surface area contributed by atoms with Crippen LogP contribution in [0.25, 0.3) is 0 Å². The summed E-state index contributed by atoms with van der Waals surface area (Å²) < 4.78 is 0. The SMILES string of the molecule is Cc1ccc(C)c(CN2CC(N)CC(CC(=O)O)C2)c1. The number of piperidine rings is 1. The Morgan fingerprint density at radius 2 is 2.15 bits per heavy atom. The van der Waals surface area contributed by atoms with Gasteiger partial charge in [-0.1, -0.05) is 23.8 Å². The largest absolute Gasteiger partial charge is 0.481 e. The molecule has 0 aliphatic carbocycles. The average molecular weight is 276 g/mol. The summed E-state index contributed by atoms with van der Waals surface area (Å²) in [5, 5.41) is 8.95. The van der Waals surface area contributed by atoms with E-state index in [1.807, 2.05) is 0 Å². The van der Waals surface area contributed by atoms with Crippen molar-refractivity contribution in [1.29, 1.82) is 0 Å². The summed E-state index contributed by atoms with van der Waals surface area (Å²) in [4.78, 5) is 13.2.